The van der Waals surface area contributed by atoms with Gasteiger partial charge >= 0.3 is 18.0 Å². The normalized spacial score (nSPS) is 20.5. The van der Waals surface area contributed by atoms with Crippen LogP contribution in [0.5, 0.6) is 0 Å². The van der Waals surface area contributed by atoms with E-state index in [9.17, 15) is 40.3 Å². The fourth-order valence-electron chi connectivity index (χ4n) is 3.64. The van der Waals surface area contributed by atoms with Crippen LogP contribution in [0.15, 0.2) is 18.2 Å². The Morgan fingerprint density at radius 2 is 1.55 bits per heavy atom. The van der Waals surface area contributed by atoms with Crippen molar-refractivity contribution in [1.82, 2.24) is 10.2 Å². The number of hydrogen-bond acceptors (Lipinski definition) is 4. The fraction of sp³-hybridized carbons (Fsp3) is 0.579. The van der Waals surface area contributed by atoms with Gasteiger partial charge in [0.2, 0.25) is 5.91 Å². The van der Waals surface area contributed by atoms with Crippen LogP contribution in [0.4, 0.5) is 36.4 Å². The molecular formula is C19H20F7N3O2. The lowest BCUT2D eigenvalue weighted by Gasteiger charge is -2.39. The highest BCUT2D eigenvalue weighted by atomic mass is 19.4. The van der Waals surface area contributed by atoms with E-state index in [-0.39, 0.29) is 26.2 Å². The van der Waals surface area contributed by atoms with Crippen molar-refractivity contribution in [1.29, 1.82) is 0 Å². The van der Waals surface area contributed by atoms with Gasteiger partial charge in [0.15, 0.2) is 0 Å². The highest BCUT2D eigenvalue weighted by Crippen LogP contribution is 2.46. The number of alkyl halides is 7. The van der Waals surface area contributed by atoms with Gasteiger partial charge in [-0.3, -0.25) is 19.8 Å². The van der Waals surface area contributed by atoms with E-state index in [4.69, 9.17) is 0 Å². The summed E-state index contributed by atoms with van der Waals surface area (Å²) in [7, 11) is 0. The van der Waals surface area contributed by atoms with E-state index in [0.29, 0.717) is 16.8 Å². The van der Waals surface area contributed by atoms with Crippen LogP contribution in [-0.2, 0) is 10.2 Å². The number of imide groups is 1. The molecule has 1 fully saturated rings. The fourth-order valence-corrected chi connectivity index (χ4v) is 3.64. The zero-order chi connectivity index (χ0) is 23.4. The Morgan fingerprint density at radius 3 is 2.10 bits per heavy atom. The number of amides is 2. The summed E-state index contributed by atoms with van der Waals surface area (Å²) < 4.78 is 90.5. The third kappa shape index (κ3) is 3.97. The second-order valence-corrected chi connectivity index (χ2v) is 8.18. The smallest absolute Gasteiger partial charge is 0.369 e. The lowest BCUT2D eigenvalue weighted by Crippen LogP contribution is -2.59. The molecule has 0 aliphatic carbocycles. The molecule has 2 aliphatic rings. The van der Waals surface area contributed by atoms with Crippen LogP contribution in [0.3, 0.4) is 0 Å². The average Bonchev–Trinajstić information content (AvgIpc) is 2.65. The molecule has 1 N–H and O–H groups in total. The first-order valence-electron chi connectivity index (χ1n) is 9.38. The molecular weight excluding hydrogens is 435 g/mol. The van der Waals surface area contributed by atoms with Gasteiger partial charge in [0, 0.05) is 37.4 Å². The maximum Gasteiger partial charge on any atom is 0.459 e. The number of piperazine rings is 1. The van der Waals surface area contributed by atoms with E-state index < -0.39 is 41.8 Å². The van der Waals surface area contributed by atoms with E-state index in [1.807, 2.05) is 0 Å². The van der Waals surface area contributed by atoms with Gasteiger partial charge in [-0.25, -0.2) is 0 Å². The molecule has 2 amide bonds. The molecule has 1 saturated heterocycles. The quantitative estimate of drug-likeness (QED) is 0.560. The molecule has 3 rings (SSSR count). The Bertz CT molecular complexity index is 891. The number of nitrogens with zero attached hydrogens (tertiary/aromatic N) is 2. The summed E-state index contributed by atoms with van der Waals surface area (Å²) in [5.41, 5.74) is 0.395. The predicted molar refractivity (Wildman–Crippen MR) is 96.5 cm³/mol. The van der Waals surface area contributed by atoms with Crippen LogP contribution in [0.25, 0.3) is 0 Å². The molecule has 2 aliphatic heterocycles. The highest BCUT2D eigenvalue weighted by Gasteiger charge is 2.73. The molecule has 172 valence electrons. The molecule has 1 aromatic carbocycles. The third-order valence-electron chi connectivity index (χ3n) is 5.69. The lowest BCUT2D eigenvalue weighted by molar-refractivity contribution is -0.356. The van der Waals surface area contributed by atoms with Gasteiger partial charge < -0.3 is 4.90 Å². The summed E-state index contributed by atoms with van der Waals surface area (Å²) in [5.74, 6) is -12.4. The maximum atomic E-state index is 13.7. The van der Waals surface area contributed by atoms with Crippen LogP contribution in [0.1, 0.15) is 29.8 Å². The largest absolute Gasteiger partial charge is 0.459 e. The first kappa shape index (κ1) is 23.3. The van der Waals surface area contributed by atoms with Crippen LogP contribution < -0.4 is 10.2 Å². The Balaban J connectivity index is 1.72. The Hall–Kier alpha value is -2.37. The van der Waals surface area contributed by atoms with Crippen LogP contribution in [-0.4, -0.2) is 67.5 Å². The summed E-state index contributed by atoms with van der Waals surface area (Å²) in [6.45, 7) is 1.41. The first-order chi connectivity index (χ1) is 14.1. The number of halogens is 7. The molecule has 0 spiro atoms. The van der Waals surface area contributed by atoms with E-state index in [2.05, 4.69) is 5.32 Å². The number of carbonyl (C=O) groups excluding carboxylic acids is 2. The van der Waals surface area contributed by atoms with Crippen LogP contribution >= 0.6 is 0 Å². The molecule has 0 saturated carbocycles. The molecule has 5 nitrogen and oxygen atoms in total. The summed E-state index contributed by atoms with van der Waals surface area (Å²) in [4.78, 5) is 26.8. The first-order valence-corrected chi connectivity index (χ1v) is 9.38. The van der Waals surface area contributed by atoms with Crippen molar-refractivity contribution < 1.29 is 40.3 Å². The summed E-state index contributed by atoms with van der Waals surface area (Å²) in [6.07, 6.45) is -6.35. The van der Waals surface area contributed by atoms with Crippen LogP contribution in [0, 0.1) is 0 Å². The van der Waals surface area contributed by atoms with E-state index >= 15 is 0 Å². The Labute approximate surface area is 173 Å². The van der Waals surface area contributed by atoms with Crippen molar-refractivity contribution in [2.24, 2.45) is 0 Å². The van der Waals surface area contributed by atoms with Crippen LogP contribution in [0.2, 0.25) is 0 Å². The van der Waals surface area contributed by atoms with Crippen molar-refractivity contribution in [3.05, 3.63) is 29.3 Å². The van der Waals surface area contributed by atoms with Gasteiger partial charge in [0.1, 0.15) is 0 Å². The molecule has 0 radical (unpaired) electrons. The summed E-state index contributed by atoms with van der Waals surface area (Å²) >= 11 is 0. The predicted octanol–water partition coefficient (Wildman–Crippen LogP) is 3.19. The maximum absolute atomic E-state index is 13.7. The number of carbonyl (C=O) groups is 2. The summed E-state index contributed by atoms with van der Waals surface area (Å²) in [6, 6.07) is 4.76. The van der Waals surface area contributed by atoms with Gasteiger partial charge in [-0.15, -0.1) is 0 Å². The molecule has 2 heterocycles. The lowest BCUT2D eigenvalue weighted by atomic mass is 9.78. The second-order valence-electron chi connectivity index (χ2n) is 8.18. The number of nitrogens with one attached hydrogen (secondary N) is 1. The van der Waals surface area contributed by atoms with Crippen molar-refractivity contribution >= 4 is 17.5 Å². The van der Waals surface area contributed by atoms with Crippen molar-refractivity contribution in [2.75, 3.05) is 37.6 Å². The minimum atomic E-state index is -6.35. The van der Waals surface area contributed by atoms with Gasteiger partial charge in [-0.2, -0.15) is 30.7 Å². The molecule has 12 heteroatoms. The van der Waals surface area contributed by atoms with Gasteiger partial charge in [-0.1, -0.05) is 0 Å². The number of rotatable bonds is 4. The SMILES string of the molecule is CC1(C)C(=O)NC(=O)c2ccc(N3CCN(CC(F)(F)C(F)(F)C(F)(F)F)CC3)cc21. The monoisotopic (exact) mass is 455 g/mol. The molecule has 0 unspecified atom stereocenters. The molecule has 0 aromatic heterocycles. The number of hydrogen-bond donors (Lipinski definition) is 1. The van der Waals surface area contributed by atoms with E-state index in [1.54, 1.807) is 30.9 Å². The number of anilines is 1. The third-order valence-corrected chi connectivity index (χ3v) is 5.69. The minimum Gasteiger partial charge on any atom is -0.369 e. The Morgan fingerprint density at radius 1 is 0.968 bits per heavy atom. The Kier molecular flexibility index (Phi) is 5.52. The summed E-state index contributed by atoms with van der Waals surface area (Å²) in [5, 5.41) is 2.26. The van der Waals surface area contributed by atoms with E-state index in [0.717, 1.165) is 4.90 Å². The molecule has 0 bridgehead atoms. The average molecular weight is 455 g/mol. The van der Waals surface area contributed by atoms with Gasteiger partial charge in [0.25, 0.3) is 5.91 Å². The standard InChI is InChI=1S/C19H20F7N3O2/c1-16(2)13-9-11(3-4-12(13)14(30)27-15(16)31)29-7-5-28(6-8-29)10-17(20,21)18(22,23)19(24,25)26/h3-4,9H,5-8,10H2,1-2H3,(H,27,30,31). The zero-order valence-electron chi connectivity index (χ0n) is 16.6. The van der Waals surface area contributed by atoms with E-state index in [1.165, 1.54) is 6.07 Å². The zero-order valence-corrected chi connectivity index (χ0v) is 16.6. The van der Waals surface area contributed by atoms with Gasteiger partial charge in [0.05, 0.1) is 12.0 Å². The topological polar surface area (TPSA) is 52.7 Å². The number of fused-ring (bicyclic) bond motifs is 1. The molecule has 0 atom stereocenters. The van der Waals surface area contributed by atoms with Gasteiger partial charge in [-0.05, 0) is 37.6 Å². The molecule has 1 aromatic rings. The molecule has 31 heavy (non-hydrogen) atoms. The second kappa shape index (κ2) is 7.35. The van der Waals surface area contributed by atoms with Crippen molar-refractivity contribution in [3.8, 4) is 0 Å². The number of benzene rings is 1. The minimum absolute atomic E-state index is 0.0903. The van der Waals surface area contributed by atoms with Crippen molar-refractivity contribution in [2.45, 2.75) is 37.3 Å². The van der Waals surface area contributed by atoms with Crippen molar-refractivity contribution in [3.63, 3.8) is 0 Å². The highest BCUT2D eigenvalue weighted by molar-refractivity contribution is 6.13.